The number of morpholine rings is 1. The number of tetrazole rings is 1. The Labute approximate surface area is 314 Å². The molecule has 7 rings (SSSR count). The summed E-state index contributed by atoms with van der Waals surface area (Å²) in [6, 6.07) is 7.65. The van der Waals surface area contributed by atoms with Crippen LogP contribution in [0.4, 0.5) is 11.6 Å². The summed E-state index contributed by atoms with van der Waals surface area (Å²) in [5.41, 5.74) is 2.38. The van der Waals surface area contributed by atoms with Crippen LogP contribution in [0.1, 0.15) is 51.5 Å². The average molecular weight is 753 g/mol. The van der Waals surface area contributed by atoms with Crippen molar-refractivity contribution in [1.82, 2.24) is 44.9 Å². The van der Waals surface area contributed by atoms with Gasteiger partial charge in [-0.1, -0.05) is 17.7 Å². The number of hydrogen-bond acceptors (Lipinski definition) is 14. The number of nitrogens with one attached hydrogen (secondary N) is 1. The van der Waals surface area contributed by atoms with Crippen molar-refractivity contribution in [3.63, 3.8) is 0 Å². The van der Waals surface area contributed by atoms with Crippen molar-refractivity contribution < 1.29 is 28.4 Å². The molecule has 53 heavy (non-hydrogen) atoms. The van der Waals surface area contributed by atoms with Gasteiger partial charge in [-0.3, -0.25) is 9.58 Å². The van der Waals surface area contributed by atoms with Crippen LogP contribution in [0.3, 0.4) is 0 Å². The third kappa shape index (κ3) is 9.79. The zero-order chi connectivity index (χ0) is 36.4. The van der Waals surface area contributed by atoms with E-state index in [1.165, 1.54) is 12.8 Å². The summed E-state index contributed by atoms with van der Waals surface area (Å²) >= 11 is 6.48. The van der Waals surface area contributed by atoms with E-state index in [1.54, 1.807) is 36.6 Å². The average Bonchev–Trinajstić information content (AvgIpc) is 3.90. The predicted molar refractivity (Wildman–Crippen MR) is 196 cm³/mol. The summed E-state index contributed by atoms with van der Waals surface area (Å²) in [6.45, 7) is 6.97. The molecule has 3 atom stereocenters. The van der Waals surface area contributed by atoms with Crippen molar-refractivity contribution >= 4 is 23.2 Å². The number of ether oxygens (including phenoxy) is 6. The van der Waals surface area contributed by atoms with Gasteiger partial charge >= 0.3 is 0 Å². The molecule has 0 radical (unpaired) electrons. The number of nitrogens with zero attached hydrogens (tertiary/aromatic N) is 9. The van der Waals surface area contributed by atoms with E-state index in [2.05, 4.69) is 40.4 Å². The van der Waals surface area contributed by atoms with Crippen LogP contribution in [0.5, 0.6) is 11.6 Å². The van der Waals surface area contributed by atoms with Gasteiger partial charge in [0.25, 0.3) is 5.88 Å². The fraction of sp³-hybridized carbons (Fsp3) is 0.611. The number of methoxy groups -OCH3 is 1. The Kier molecular flexibility index (Phi) is 13.0. The Hall–Kier alpha value is -3.93. The smallest absolute Gasteiger partial charge is 0.257 e. The molecule has 17 heteroatoms. The van der Waals surface area contributed by atoms with Crippen LogP contribution in [0, 0.1) is 0 Å². The first kappa shape index (κ1) is 37.4. The molecule has 1 aromatic carbocycles. The number of aromatic nitrogens is 8. The van der Waals surface area contributed by atoms with Crippen LogP contribution in [-0.2, 0) is 25.5 Å². The topological polar surface area (TPSA) is 158 Å². The van der Waals surface area contributed by atoms with E-state index in [4.69, 9.17) is 45.1 Å². The molecule has 2 aliphatic heterocycles. The molecule has 0 unspecified atom stereocenters. The number of rotatable bonds is 19. The summed E-state index contributed by atoms with van der Waals surface area (Å²) in [6.07, 6.45) is 13.8. The SMILES string of the molecule is COCCOCCOCCOc1nn(C2CCC(N3[C@@H]4CC[C@H]3COC4)CC2)cc1Nc1ncc(-c2ccc(Cl)c(O[C@@H](C)Cn3cnnn3)c2)cn1. The van der Waals surface area contributed by atoms with Crippen LogP contribution in [-0.4, -0.2) is 129 Å². The van der Waals surface area contributed by atoms with Crippen molar-refractivity contribution in [3.05, 3.63) is 48.1 Å². The number of halogens is 1. The molecule has 1 saturated carbocycles. The third-order valence-corrected chi connectivity index (χ3v) is 10.4. The first-order chi connectivity index (χ1) is 26.0. The van der Waals surface area contributed by atoms with Gasteiger partial charge in [0.1, 0.15) is 30.5 Å². The van der Waals surface area contributed by atoms with E-state index in [0.29, 0.717) is 92.6 Å². The van der Waals surface area contributed by atoms with E-state index in [0.717, 1.165) is 50.0 Å². The largest absolute Gasteiger partial charge is 0.487 e. The highest BCUT2D eigenvalue weighted by molar-refractivity contribution is 6.32. The van der Waals surface area contributed by atoms with Gasteiger partial charge < -0.3 is 33.7 Å². The lowest BCUT2D eigenvalue weighted by Gasteiger charge is -2.43. The molecule has 3 fully saturated rings. The summed E-state index contributed by atoms with van der Waals surface area (Å²) < 4.78 is 38.0. The van der Waals surface area contributed by atoms with Gasteiger partial charge in [0.15, 0.2) is 0 Å². The second-order valence-electron chi connectivity index (χ2n) is 13.8. The molecular weight excluding hydrogens is 704 g/mol. The number of fused-ring (bicyclic) bond motifs is 2. The van der Waals surface area contributed by atoms with Gasteiger partial charge in [0.05, 0.1) is 70.1 Å². The van der Waals surface area contributed by atoms with Crippen molar-refractivity contribution in [3.8, 4) is 22.8 Å². The number of benzene rings is 1. The lowest BCUT2D eigenvalue weighted by Crippen LogP contribution is -2.52. The lowest BCUT2D eigenvalue weighted by molar-refractivity contribution is -0.0458. The van der Waals surface area contributed by atoms with Gasteiger partial charge in [0.2, 0.25) is 5.95 Å². The minimum atomic E-state index is -0.215. The van der Waals surface area contributed by atoms with Crippen molar-refractivity contribution in [1.29, 1.82) is 0 Å². The Morgan fingerprint density at radius 2 is 1.58 bits per heavy atom. The van der Waals surface area contributed by atoms with Gasteiger partial charge in [-0.15, -0.1) is 10.2 Å². The molecule has 1 N–H and O–H groups in total. The Balaban J connectivity index is 0.988. The molecule has 2 saturated heterocycles. The highest BCUT2D eigenvalue weighted by atomic mass is 35.5. The van der Waals surface area contributed by atoms with Crippen LogP contribution >= 0.6 is 11.6 Å². The highest BCUT2D eigenvalue weighted by Gasteiger charge is 2.42. The second-order valence-corrected chi connectivity index (χ2v) is 14.2. The fourth-order valence-corrected chi connectivity index (χ4v) is 7.67. The summed E-state index contributed by atoms with van der Waals surface area (Å²) in [4.78, 5) is 12.0. The Morgan fingerprint density at radius 3 is 2.30 bits per heavy atom. The third-order valence-electron chi connectivity index (χ3n) is 10.1. The van der Waals surface area contributed by atoms with Gasteiger partial charge in [-0.2, -0.15) is 0 Å². The minimum absolute atomic E-state index is 0.215. The quantitative estimate of drug-likeness (QED) is 0.133. The van der Waals surface area contributed by atoms with Crippen LogP contribution in [0.15, 0.2) is 43.1 Å². The fourth-order valence-electron chi connectivity index (χ4n) is 7.51. The molecule has 3 aromatic heterocycles. The van der Waals surface area contributed by atoms with Crippen LogP contribution < -0.4 is 14.8 Å². The van der Waals surface area contributed by atoms with Gasteiger partial charge in [-0.25, -0.2) is 14.6 Å². The zero-order valence-corrected chi connectivity index (χ0v) is 31.1. The summed E-state index contributed by atoms with van der Waals surface area (Å²) in [5, 5.41) is 20.0. The first-order valence-electron chi connectivity index (χ1n) is 18.5. The van der Waals surface area contributed by atoms with E-state index in [9.17, 15) is 0 Å². The Morgan fingerprint density at radius 1 is 0.887 bits per heavy atom. The van der Waals surface area contributed by atoms with E-state index in [-0.39, 0.29) is 12.1 Å². The van der Waals surface area contributed by atoms with Gasteiger partial charge in [0, 0.05) is 43.2 Å². The molecule has 286 valence electrons. The lowest BCUT2D eigenvalue weighted by atomic mass is 9.89. The van der Waals surface area contributed by atoms with Crippen LogP contribution in [0.2, 0.25) is 5.02 Å². The van der Waals surface area contributed by atoms with Crippen LogP contribution in [0.25, 0.3) is 11.1 Å². The molecule has 0 spiro atoms. The molecule has 0 amide bonds. The second kappa shape index (κ2) is 18.4. The van der Waals surface area contributed by atoms with E-state index in [1.807, 2.05) is 25.3 Å². The molecule has 3 aliphatic rings. The maximum Gasteiger partial charge on any atom is 0.257 e. The molecule has 1 aliphatic carbocycles. The number of anilines is 2. The maximum atomic E-state index is 6.48. The zero-order valence-electron chi connectivity index (χ0n) is 30.4. The van der Waals surface area contributed by atoms with Crippen molar-refractivity contribution in [2.24, 2.45) is 0 Å². The molecule has 16 nitrogen and oxygen atoms in total. The normalized spacial score (nSPS) is 22.2. The predicted octanol–water partition coefficient (Wildman–Crippen LogP) is 4.60. The summed E-state index contributed by atoms with van der Waals surface area (Å²) in [5.74, 6) is 1.46. The monoisotopic (exact) mass is 752 g/mol. The summed E-state index contributed by atoms with van der Waals surface area (Å²) in [7, 11) is 1.65. The minimum Gasteiger partial charge on any atom is -0.487 e. The van der Waals surface area contributed by atoms with Gasteiger partial charge in [-0.05, 0) is 73.6 Å². The van der Waals surface area contributed by atoms with Crippen molar-refractivity contribution in [2.45, 2.75) is 82.3 Å². The number of hydrogen-bond donors (Lipinski definition) is 1. The van der Waals surface area contributed by atoms with E-state index >= 15 is 0 Å². The van der Waals surface area contributed by atoms with Crippen molar-refractivity contribution in [2.75, 3.05) is 65.3 Å². The molecule has 2 bridgehead atoms. The standard InChI is InChI=1S/C36H49ClN10O6/c1-25(20-45-24-40-43-44-45)53-34-17-26(3-10-32(34)37)27-18-38-36(39-19-27)41-33-21-46(42-35(33)52-16-15-50-14-13-49-12-11-48-2)28-4-6-29(7-5-28)47-30-8-9-31(47)23-51-22-30/h3,10,17-19,21,24-25,28-31H,4-9,11-16,20,22-23H2,1-2H3,(H,38,39,41)/t25-,28?,29?,30-,31+/m0/s1. The molecule has 5 heterocycles. The highest BCUT2D eigenvalue weighted by Crippen LogP contribution is 2.39. The first-order valence-corrected chi connectivity index (χ1v) is 18.9. The Bertz CT molecular complexity index is 1690. The molecule has 4 aromatic rings. The molecular formula is C36H49ClN10O6. The maximum absolute atomic E-state index is 6.48. The van der Waals surface area contributed by atoms with E-state index < -0.39 is 0 Å².